The topological polar surface area (TPSA) is 65.1 Å². The number of hydrogen-bond acceptors (Lipinski definition) is 4. The lowest BCUT2D eigenvalue weighted by Gasteiger charge is -2.36. The van der Waals surface area contributed by atoms with Crippen molar-refractivity contribution in [1.29, 1.82) is 0 Å². The van der Waals surface area contributed by atoms with Crippen molar-refractivity contribution >= 4 is 0 Å². The molecule has 0 radical (unpaired) electrons. The van der Waals surface area contributed by atoms with Crippen LogP contribution in [-0.4, -0.2) is 22.3 Å². The lowest BCUT2D eigenvalue weighted by molar-refractivity contribution is -0.0390. The highest BCUT2D eigenvalue weighted by atomic mass is 16.5. The summed E-state index contributed by atoms with van der Waals surface area (Å²) in [7, 11) is 1.96. The van der Waals surface area contributed by atoms with Gasteiger partial charge in [-0.1, -0.05) is 20.8 Å². The third-order valence-electron chi connectivity index (χ3n) is 2.82. The van der Waals surface area contributed by atoms with E-state index in [1.165, 1.54) is 0 Å². The van der Waals surface area contributed by atoms with Crippen LogP contribution in [0.2, 0.25) is 0 Å². The van der Waals surface area contributed by atoms with Crippen LogP contribution in [0.5, 0.6) is 0 Å². The molecule has 1 rings (SSSR count). The van der Waals surface area contributed by atoms with Gasteiger partial charge in [0.25, 0.3) is 0 Å². The number of hydrogen-bond donors (Lipinski definition) is 2. The standard InChI is InChI=1S/C12H24N4O/c1-6-17-10(12(2,3)4)9(15-13)11-14-7-8-16(11)5/h7-10,15H,6,13H2,1-5H3. The molecule has 0 aliphatic heterocycles. The largest absolute Gasteiger partial charge is 0.376 e. The zero-order chi connectivity index (χ0) is 13.1. The molecule has 0 saturated heterocycles. The van der Waals surface area contributed by atoms with Gasteiger partial charge in [-0.25, -0.2) is 10.4 Å². The summed E-state index contributed by atoms with van der Waals surface area (Å²) in [6, 6.07) is -0.116. The first-order chi connectivity index (χ1) is 7.91. The van der Waals surface area contributed by atoms with E-state index in [9.17, 15) is 0 Å². The fraction of sp³-hybridized carbons (Fsp3) is 0.750. The molecule has 0 aliphatic rings. The van der Waals surface area contributed by atoms with Crippen molar-refractivity contribution in [2.45, 2.75) is 39.8 Å². The van der Waals surface area contributed by atoms with Crippen LogP contribution in [0.1, 0.15) is 39.6 Å². The molecule has 0 spiro atoms. The normalized spacial score (nSPS) is 15.9. The van der Waals surface area contributed by atoms with E-state index in [-0.39, 0.29) is 17.6 Å². The third-order valence-corrected chi connectivity index (χ3v) is 2.82. The fourth-order valence-electron chi connectivity index (χ4n) is 2.00. The molecule has 5 nitrogen and oxygen atoms in total. The van der Waals surface area contributed by atoms with Gasteiger partial charge in [-0.2, -0.15) is 0 Å². The van der Waals surface area contributed by atoms with Gasteiger partial charge >= 0.3 is 0 Å². The second-order valence-electron chi connectivity index (χ2n) is 5.28. The molecule has 1 heterocycles. The van der Waals surface area contributed by atoms with Gasteiger partial charge in [0.1, 0.15) is 11.9 Å². The Morgan fingerprint density at radius 1 is 1.53 bits per heavy atom. The molecule has 17 heavy (non-hydrogen) atoms. The highest BCUT2D eigenvalue weighted by Crippen LogP contribution is 2.31. The fourth-order valence-corrected chi connectivity index (χ4v) is 2.00. The van der Waals surface area contributed by atoms with Crippen molar-refractivity contribution in [2.75, 3.05) is 6.61 Å². The van der Waals surface area contributed by atoms with Gasteiger partial charge < -0.3 is 9.30 Å². The van der Waals surface area contributed by atoms with Crippen molar-refractivity contribution in [3.63, 3.8) is 0 Å². The molecule has 0 bridgehead atoms. The van der Waals surface area contributed by atoms with E-state index in [1.54, 1.807) is 6.20 Å². The lowest BCUT2D eigenvalue weighted by Crippen LogP contribution is -2.45. The molecule has 1 aromatic rings. The van der Waals surface area contributed by atoms with E-state index < -0.39 is 0 Å². The zero-order valence-corrected chi connectivity index (χ0v) is 11.4. The van der Waals surface area contributed by atoms with Crippen LogP contribution >= 0.6 is 0 Å². The molecule has 0 fully saturated rings. The molecule has 0 amide bonds. The molecule has 0 aromatic carbocycles. The summed E-state index contributed by atoms with van der Waals surface area (Å²) >= 11 is 0. The van der Waals surface area contributed by atoms with Crippen LogP contribution in [0.4, 0.5) is 0 Å². The molecule has 3 N–H and O–H groups in total. The Morgan fingerprint density at radius 3 is 2.53 bits per heavy atom. The van der Waals surface area contributed by atoms with Crippen LogP contribution in [-0.2, 0) is 11.8 Å². The maximum atomic E-state index is 5.84. The van der Waals surface area contributed by atoms with Crippen LogP contribution in [0.25, 0.3) is 0 Å². The Labute approximate surface area is 103 Å². The number of hydrazine groups is 1. The van der Waals surface area contributed by atoms with Crippen LogP contribution in [0.15, 0.2) is 12.4 Å². The summed E-state index contributed by atoms with van der Waals surface area (Å²) in [5, 5.41) is 0. The Balaban J connectivity index is 3.02. The first-order valence-electron chi connectivity index (χ1n) is 5.96. The Kier molecular flexibility index (Phi) is 4.68. The van der Waals surface area contributed by atoms with Crippen LogP contribution in [0.3, 0.4) is 0 Å². The molecular formula is C12H24N4O. The van der Waals surface area contributed by atoms with Crippen molar-refractivity contribution in [3.05, 3.63) is 18.2 Å². The molecule has 1 aromatic heterocycles. The second kappa shape index (κ2) is 5.62. The monoisotopic (exact) mass is 240 g/mol. The average molecular weight is 240 g/mol. The average Bonchev–Trinajstić information content (AvgIpc) is 2.63. The van der Waals surface area contributed by atoms with Gasteiger partial charge in [-0.05, 0) is 12.3 Å². The lowest BCUT2D eigenvalue weighted by atomic mass is 9.84. The SMILES string of the molecule is CCOC(C(NN)c1nccn1C)C(C)(C)C. The molecule has 0 aliphatic carbocycles. The number of ether oxygens (including phenoxy) is 1. The van der Waals surface area contributed by atoms with Crippen molar-refractivity contribution in [2.24, 2.45) is 18.3 Å². The Bertz CT molecular complexity index is 343. The van der Waals surface area contributed by atoms with E-state index in [0.29, 0.717) is 6.61 Å². The minimum absolute atomic E-state index is 0.0149. The zero-order valence-electron chi connectivity index (χ0n) is 11.4. The predicted molar refractivity (Wildman–Crippen MR) is 68.1 cm³/mol. The second-order valence-corrected chi connectivity index (χ2v) is 5.28. The summed E-state index contributed by atoms with van der Waals surface area (Å²) in [4.78, 5) is 4.34. The predicted octanol–water partition coefficient (Wildman–Crippen LogP) is 1.38. The van der Waals surface area contributed by atoms with Gasteiger partial charge in [0.2, 0.25) is 0 Å². The van der Waals surface area contributed by atoms with Gasteiger partial charge in [-0.15, -0.1) is 0 Å². The highest BCUT2D eigenvalue weighted by Gasteiger charge is 2.35. The van der Waals surface area contributed by atoms with Gasteiger partial charge in [0.15, 0.2) is 0 Å². The number of aromatic nitrogens is 2. The molecule has 2 unspecified atom stereocenters. The minimum Gasteiger partial charge on any atom is -0.376 e. The maximum absolute atomic E-state index is 5.84. The van der Waals surface area contributed by atoms with Crippen molar-refractivity contribution in [3.8, 4) is 0 Å². The molecule has 98 valence electrons. The summed E-state index contributed by atoms with van der Waals surface area (Å²) in [5.41, 5.74) is 2.81. The molecule has 0 saturated carbocycles. The van der Waals surface area contributed by atoms with Crippen LogP contribution in [0, 0.1) is 5.41 Å². The van der Waals surface area contributed by atoms with E-state index >= 15 is 0 Å². The van der Waals surface area contributed by atoms with Gasteiger partial charge in [0.05, 0.1) is 6.10 Å². The number of imidazole rings is 1. The smallest absolute Gasteiger partial charge is 0.129 e. The first kappa shape index (κ1) is 14.2. The molecule has 5 heteroatoms. The Hall–Kier alpha value is -0.910. The summed E-state index contributed by atoms with van der Waals surface area (Å²) < 4.78 is 7.80. The maximum Gasteiger partial charge on any atom is 0.129 e. The van der Waals surface area contributed by atoms with E-state index in [4.69, 9.17) is 10.6 Å². The van der Waals surface area contributed by atoms with Crippen molar-refractivity contribution < 1.29 is 4.74 Å². The van der Waals surface area contributed by atoms with Gasteiger partial charge in [0, 0.05) is 26.0 Å². The van der Waals surface area contributed by atoms with Crippen molar-refractivity contribution in [1.82, 2.24) is 15.0 Å². The summed E-state index contributed by atoms with van der Waals surface area (Å²) in [6.45, 7) is 9.07. The summed E-state index contributed by atoms with van der Waals surface area (Å²) in [6.07, 6.45) is 3.65. The van der Waals surface area contributed by atoms with E-state index in [1.807, 2.05) is 24.7 Å². The van der Waals surface area contributed by atoms with E-state index in [2.05, 4.69) is 31.2 Å². The minimum atomic E-state index is -0.116. The highest BCUT2D eigenvalue weighted by molar-refractivity contribution is 5.03. The number of nitrogens with zero attached hydrogens (tertiary/aromatic N) is 2. The first-order valence-corrected chi connectivity index (χ1v) is 5.96. The molecular weight excluding hydrogens is 216 g/mol. The number of nitrogens with two attached hydrogens (primary N) is 1. The third kappa shape index (κ3) is 3.28. The number of aryl methyl sites for hydroxylation is 1. The quantitative estimate of drug-likeness (QED) is 0.603. The van der Waals surface area contributed by atoms with Gasteiger partial charge in [-0.3, -0.25) is 5.84 Å². The Morgan fingerprint density at radius 2 is 2.18 bits per heavy atom. The summed E-state index contributed by atoms with van der Waals surface area (Å²) in [5.74, 6) is 6.57. The number of nitrogens with one attached hydrogen (secondary N) is 1. The van der Waals surface area contributed by atoms with Crippen LogP contribution < -0.4 is 11.3 Å². The number of rotatable bonds is 5. The molecule has 2 atom stereocenters. The van der Waals surface area contributed by atoms with E-state index in [0.717, 1.165) is 5.82 Å².